The maximum atomic E-state index is 12.5. The van der Waals surface area contributed by atoms with Gasteiger partial charge in [0.2, 0.25) is 0 Å². The van der Waals surface area contributed by atoms with E-state index in [9.17, 15) is 9.59 Å². The molecule has 106 valence electrons. The number of aromatic nitrogens is 3. The Bertz CT molecular complexity index is 749. The molecule has 0 spiro atoms. The lowest BCUT2D eigenvalue weighted by molar-refractivity contribution is -0.141. The van der Waals surface area contributed by atoms with Gasteiger partial charge in [-0.15, -0.1) is 0 Å². The van der Waals surface area contributed by atoms with E-state index in [1.54, 1.807) is 15.3 Å². The van der Waals surface area contributed by atoms with Gasteiger partial charge in [0.05, 0.1) is 25.6 Å². The van der Waals surface area contributed by atoms with Gasteiger partial charge in [-0.3, -0.25) is 14.2 Å². The zero-order chi connectivity index (χ0) is 14.3. The lowest BCUT2D eigenvalue weighted by Gasteiger charge is -2.17. The fraction of sp³-hybridized carbons (Fsp3) is 0.417. The maximum absolute atomic E-state index is 12.5. The molecule has 1 aliphatic heterocycles. The Balaban J connectivity index is 2.23. The molecular weight excluding hydrogens is 377 g/mol. The number of carbonyl (C=O) groups excluding carboxylic acids is 1. The Morgan fingerprint density at radius 3 is 3.15 bits per heavy atom. The van der Waals surface area contributed by atoms with Crippen LogP contribution >= 0.6 is 22.6 Å². The van der Waals surface area contributed by atoms with Crippen molar-refractivity contribution in [1.29, 1.82) is 0 Å². The van der Waals surface area contributed by atoms with Crippen molar-refractivity contribution < 1.29 is 14.3 Å². The van der Waals surface area contributed by atoms with Crippen LogP contribution in [0.3, 0.4) is 0 Å². The van der Waals surface area contributed by atoms with Gasteiger partial charge in [-0.05, 0) is 22.6 Å². The van der Waals surface area contributed by atoms with Crippen LogP contribution < -0.4 is 5.56 Å². The molecule has 0 N–H and O–H groups in total. The van der Waals surface area contributed by atoms with E-state index in [4.69, 9.17) is 4.74 Å². The van der Waals surface area contributed by atoms with Crippen molar-refractivity contribution in [1.82, 2.24) is 14.1 Å². The number of esters is 1. The molecule has 0 aromatic carbocycles. The summed E-state index contributed by atoms with van der Waals surface area (Å²) in [7, 11) is 1.33. The smallest absolute Gasteiger partial charge is 0.325 e. The highest BCUT2D eigenvalue weighted by Gasteiger charge is 2.20. The third kappa shape index (κ3) is 2.12. The zero-order valence-corrected chi connectivity index (χ0v) is 12.9. The minimum Gasteiger partial charge on any atom is -0.468 e. The number of ether oxygens (including phenoxy) is 2. The first-order valence-corrected chi connectivity index (χ1v) is 7.12. The van der Waals surface area contributed by atoms with Crippen LogP contribution in [0.5, 0.6) is 0 Å². The van der Waals surface area contributed by atoms with E-state index in [0.29, 0.717) is 36.6 Å². The first-order chi connectivity index (χ1) is 9.61. The number of carbonyl (C=O) groups is 1. The Kier molecular flexibility index (Phi) is 3.50. The van der Waals surface area contributed by atoms with Crippen LogP contribution in [0, 0.1) is 3.57 Å². The fourth-order valence-electron chi connectivity index (χ4n) is 2.25. The molecular formula is C12H12IN3O4. The van der Waals surface area contributed by atoms with Crippen LogP contribution in [0.15, 0.2) is 11.0 Å². The minimum atomic E-state index is -0.380. The third-order valence-electron chi connectivity index (χ3n) is 3.23. The number of hydrogen-bond acceptors (Lipinski definition) is 5. The SMILES string of the molecule is COC(=O)Cn1cc(I)c2c(=O)n3c(nc21)COCC3. The van der Waals surface area contributed by atoms with Gasteiger partial charge in [0, 0.05) is 9.77 Å². The second-order valence-electron chi connectivity index (χ2n) is 4.42. The van der Waals surface area contributed by atoms with E-state index in [0.717, 1.165) is 3.57 Å². The van der Waals surface area contributed by atoms with E-state index >= 15 is 0 Å². The summed E-state index contributed by atoms with van der Waals surface area (Å²) in [6.45, 7) is 1.37. The molecule has 1 aliphatic rings. The molecule has 0 amide bonds. The predicted octanol–water partition coefficient (Wildman–Crippen LogP) is 0.506. The fourth-order valence-corrected chi connectivity index (χ4v) is 3.06. The molecule has 20 heavy (non-hydrogen) atoms. The van der Waals surface area contributed by atoms with Gasteiger partial charge < -0.3 is 14.0 Å². The van der Waals surface area contributed by atoms with E-state index in [1.165, 1.54) is 7.11 Å². The standard InChI is InChI=1S/C12H12IN3O4/c1-19-9(17)5-15-4-7(13)10-11(15)14-8-6-20-3-2-16(8)12(10)18/h4H,2-3,5-6H2,1H3. The lowest BCUT2D eigenvalue weighted by atomic mass is 10.3. The number of methoxy groups -OCH3 is 1. The van der Waals surface area contributed by atoms with Crippen molar-refractivity contribution >= 4 is 39.6 Å². The molecule has 0 radical (unpaired) electrons. The van der Waals surface area contributed by atoms with E-state index < -0.39 is 0 Å². The largest absolute Gasteiger partial charge is 0.468 e. The number of fused-ring (bicyclic) bond motifs is 2. The van der Waals surface area contributed by atoms with Gasteiger partial charge in [-0.25, -0.2) is 4.98 Å². The van der Waals surface area contributed by atoms with Gasteiger partial charge >= 0.3 is 5.97 Å². The predicted molar refractivity (Wildman–Crippen MR) is 78.4 cm³/mol. The third-order valence-corrected chi connectivity index (χ3v) is 4.04. The normalized spacial score (nSPS) is 14.3. The van der Waals surface area contributed by atoms with E-state index in [1.807, 2.05) is 0 Å². The quantitative estimate of drug-likeness (QED) is 0.553. The summed E-state index contributed by atoms with van der Waals surface area (Å²) in [5, 5.41) is 0.542. The summed E-state index contributed by atoms with van der Waals surface area (Å²) in [5.41, 5.74) is 0.419. The van der Waals surface area contributed by atoms with Crippen molar-refractivity contribution in [3.05, 3.63) is 25.9 Å². The Morgan fingerprint density at radius 2 is 2.40 bits per heavy atom. The molecule has 0 saturated carbocycles. The molecule has 0 fully saturated rings. The van der Waals surface area contributed by atoms with Gasteiger partial charge in [0.1, 0.15) is 24.6 Å². The van der Waals surface area contributed by atoms with Crippen molar-refractivity contribution in [2.45, 2.75) is 19.7 Å². The molecule has 0 aliphatic carbocycles. The molecule has 7 nitrogen and oxygen atoms in total. The number of halogens is 1. The molecule has 3 rings (SSSR count). The van der Waals surface area contributed by atoms with Crippen molar-refractivity contribution in [3.8, 4) is 0 Å². The van der Waals surface area contributed by atoms with Crippen molar-refractivity contribution in [3.63, 3.8) is 0 Å². The van der Waals surface area contributed by atoms with Crippen molar-refractivity contribution in [2.24, 2.45) is 0 Å². The number of hydrogen-bond donors (Lipinski definition) is 0. The van der Waals surface area contributed by atoms with Gasteiger partial charge in [-0.2, -0.15) is 0 Å². The average molecular weight is 389 g/mol. The topological polar surface area (TPSA) is 75.4 Å². The van der Waals surface area contributed by atoms with E-state index in [2.05, 4.69) is 32.3 Å². The molecule has 3 heterocycles. The average Bonchev–Trinajstić information content (AvgIpc) is 2.75. The minimum absolute atomic E-state index is 0.0345. The lowest BCUT2D eigenvalue weighted by Crippen LogP contribution is -2.31. The molecule has 0 unspecified atom stereocenters. The summed E-state index contributed by atoms with van der Waals surface area (Å²) in [6.07, 6.45) is 1.74. The summed E-state index contributed by atoms with van der Waals surface area (Å²) < 4.78 is 14.0. The molecule has 2 aromatic rings. The van der Waals surface area contributed by atoms with Crippen LogP contribution in [-0.4, -0.2) is 33.8 Å². The highest BCUT2D eigenvalue weighted by atomic mass is 127. The van der Waals surface area contributed by atoms with Gasteiger partial charge in [-0.1, -0.05) is 0 Å². The molecule has 2 aromatic heterocycles. The van der Waals surface area contributed by atoms with Crippen LogP contribution in [0.2, 0.25) is 0 Å². The second kappa shape index (κ2) is 5.17. The van der Waals surface area contributed by atoms with E-state index in [-0.39, 0.29) is 18.1 Å². The summed E-state index contributed by atoms with van der Waals surface area (Å²) in [5.74, 6) is 0.212. The Hall–Kier alpha value is -1.42. The molecule has 8 heteroatoms. The van der Waals surface area contributed by atoms with Gasteiger partial charge in [0.25, 0.3) is 5.56 Å². The molecule has 0 atom stereocenters. The van der Waals surface area contributed by atoms with Crippen LogP contribution in [0.4, 0.5) is 0 Å². The Morgan fingerprint density at radius 1 is 1.60 bits per heavy atom. The first-order valence-electron chi connectivity index (χ1n) is 6.04. The van der Waals surface area contributed by atoms with Crippen LogP contribution in [0.1, 0.15) is 5.82 Å². The molecule has 0 saturated heterocycles. The Labute approximate surface area is 127 Å². The number of nitrogens with zero attached hydrogens (tertiary/aromatic N) is 3. The zero-order valence-electron chi connectivity index (χ0n) is 10.8. The summed E-state index contributed by atoms with van der Waals surface area (Å²) in [6, 6.07) is 0. The summed E-state index contributed by atoms with van der Waals surface area (Å²) in [4.78, 5) is 28.4. The van der Waals surface area contributed by atoms with Crippen LogP contribution in [0.25, 0.3) is 11.0 Å². The monoisotopic (exact) mass is 389 g/mol. The molecule has 0 bridgehead atoms. The van der Waals surface area contributed by atoms with Crippen LogP contribution in [-0.2, 0) is 34.0 Å². The number of rotatable bonds is 2. The van der Waals surface area contributed by atoms with Crippen molar-refractivity contribution in [2.75, 3.05) is 13.7 Å². The first kappa shape index (κ1) is 13.6. The maximum Gasteiger partial charge on any atom is 0.325 e. The highest BCUT2D eigenvalue weighted by molar-refractivity contribution is 14.1. The second-order valence-corrected chi connectivity index (χ2v) is 5.58. The van der Waals surface area contributed by atoms with Gasteiger partial charge in [0.15, 0.2) is 0 Å². The highest BCUT2D eigenvalue weighted by Crippen LogP contribution is 2.20. The summed E-state index contributed by atoms with van der Waals surface area (Å²) >= 11 is 2.08.